The molecule has 2 aromatic rings. The molecule has 7 N–H and O–H groups in total. The van der Waals surface area contributed by atoms with Crippen LogP contribution in [0.1, 0.15) is 12.6 Å². The number of nitrogens with two attached hydrogens (primary N) is 2. The SMILES string of the molecule is C#CCn1c(=O)n([C@@H]2O[C@H](CCO)[C@H](O)[C@H]2O)c2nc(N)n(N)c(=O)c21. The first-order valence-corrected chi connectivity index (χ1v) is 7.67. The van der Waals surface area contributed by atoms with Crippen LogP contribution in [0.25, 0.3) is 11.2 Å². The summed E-state index contributed by atoms with van der Waals surface area (Å²) >= 11 is 0. The lowest BCUT2D eigenvalue weighted by Crippen LogP contribution is -2.35. The van der Waals surface area contributed by atoms with Crippen molar-refractivity contribution >= 4 is 17.1 Å². The van der Waals surface area contributed by atoms with Crippen LogP contribution in [0.15, 0.2) is 9.59 Å². The summed E-state index contributed by atoms with van der Waals surface area (Å²) in [6.07, 6.45) is 0.184. The Morgan fingerprint density at radius 1 is 1.31 bits per heavy atom. The van der Waals surface area contributed by atoms with Crippen LogP contribution in [0.3, 0.4) is 0 Å². The van der Waals surface area contributed by atoms with Gasteiger partial charge in [0.25, 0.3) is 5.56 Å². The molecule has 1 fully saturated rings. The minimum Gasteiger partial charge on any atom is -0.396 e. The van der Waals surface area contributed by atoms with Gasteiger partial charge in [-0.2, -0.15) is 9.66 Å². The van der Waals surface area contributed by atoms with Crippen LogP contribution in [0, 0.1) is 12.3 Å². The monoisotopic (exact) mass is 366 g/mol. The molecule has 1 saturated heterocycles. The third-order valence-corrected chi connectivity index (χ3v) is 4.29. The van der Waals surface area contributed by atoms with Gasteiger partial charge in [-0.15, -0.1) is 6.42 Å². The van der Waals surface area contributed by atoms with Crippen molar-refractivity contribution in [3.8, 4) is 12.3 Å². The van der Waals surface area contributed by atoms with Crippen LogP contribution in [-0.2, 0) is 11.3 Å². The average Bonchev–Trinajstić information content (AvgIpc) is 3.02. The van der Waals surface area contributed by atoms with Gasteiger partial charge < -0.3 is 31.6 Å². The zero-order chi connectivity index (χ0) is 19.2. The van der Waals surface area contributed by atoms with Gasteiger partial charge >= 0.3 is 5.69 Å². The molecule has 0 spiro atoms. The molecule has 0 radical (unpaired) electrons. The standard InChI is InChI=1S/C14H18N6O6/c1-2-4-18-7-10(17-13(15)20(16)11(7)24)19(14(18)25)12-9(23)8(22)6(26-12)3-5-21/h1,6,8-9,12,21-23H,3-5,16H2,(H2,15,17)/t6-,8+,9-,12-/m1/s1. The molecule has 26 heavy (non-hydrogen) atoms. The number of hydrogen-bond acceptors (Lipinski definition) is 9. The van der Waals surface area contributed by atoms with Gasteiger partial charge in [0, 0.05) is 6.61 Å². The molecule has 12 heteroatoms. The van der Waals surface area contributed by atoms with Crippen molar-refractivity contribution in [2.24, 2.45) is 0 Å². The Kier molecular flexibility index (Phi) is 4.46. The normalized spacial score (nSPS) is 25.6. The van der Waals surface area contributed by atoms with E-state index in [0.717, 1.165) is 9.13 Å². The largest absolute Gasteiger partial charge is 0.396 e. The first-order chi connectivity index (χ1) is 12.3. The van der Waals surface area contributed by atoms with E-state index >= 15 is 0 Å². The van der Waals surface area contributed by atoms with E-state index < -0.39 is 35.8 Å². The number of nitrogens with zero attached hydrogens (tertiary/aromatic N) is 4. The van der Waals surface area contributed by atoms with Crippen molar-refractivity contribution in [3.05, 3.63) is 20.8 Å². The molecule has 2 aromatic heterocycles. The molecular formula is C14H18N6O6. The Morgan fingerprint density at radius 2 is 2.00 bits per heavy atom. The van der Waals surface area contributed by atoms with Gasteiger partial charge in [0.1, 0.15) is 12.2 Å². The summed E-state index contributed by atoms with van der Waals surface area (Å²) in [5.74, 6) is 7.41. The third kappa shape index (κ3) is 2.45. The van der Waals surface area contributed by atoms with Gasteiger partial charge in [0.15, 0.2) is 17.4 Å². The predicted molar refractivity (Wildman–Crippen MR) is 89.3 cm³/mol. The summed E-state index contributed by atoms with van der Waals surface area (Å²) in [7, 11) is 0. The number of hydrogen-bond donors (Lipinski definition) is 5. The van der Waals surface area contributed by atoms with E-state index in [0.29, 0.717) is 4.68 Å². The lowest BCUT2D eigenvalue weighted by atomic mass is 10.1. The minimum absolute atomic E-state index is 0.0393. The summed E-state index contributed by atoms with van der Waals surface area (Å²) in [5, 5.41) is 29.4. The van der Waals surface area contributed by atoms with Crippen molar-refractivity contribution in [1.82, 2.24) is 18.8 Å². The van der Waals surface area contributed by atoms with Crippen LogP contribution >= 0.6 is 0 Å². The molecule has 4 atom stereocenters. The Balaban J connectivity index is 2.28. The number of nitrogen functional groups attached to an aromatic ring is 2. The molecule has 1 aliphatic heterocycles. The van der Waals surface area contributed by atoms with Crippen molar-refractivity contribution in [1.29, 1.82) is 0 Å². The fraction of sp³-hybridized carbons (Fsp3) is 0.500. The molecule has 12 nitrogen and oxygen atoms in total. The summed E-state index contributed by atoms with van der Waals surface area (Å²) < 4.78 is 7.94. The second kappa shape index (κ2) is 6.46. The molecule has 0 aromatic carbocycles. The fourth-order valence-corrected chi connectivity index (χ4v) is 3.03. The molecule has 0 unspecified atom stereocenters. The lowest BCUT2D eigenvalue weighted by molar-refractivity contribution is -0.0425. The average molecular weight is 366 g/mol. The van der Waals surface area contributed by atoms with Crippen LogP contribution < -0.4 is 22.8 Å². The number of aliphatic hydroxyl groups excluding tert-OH is 3. The number of imidazole rings is 1. The maximum absolute atomic E-state index is 12.8. The molecule has 0 saturated carbocycles. The first-order valence-electron chi connectivity index (χ1n) is 7.67. The van der Waals surface area contributed by atoms with E-state index in [-0.39, 0.29) is 36.7 Å². The zero-order valence-corrected chi connectivity index (χ0v) is 13.5. The van der Waals surface area contributed by atoms with Crippen LogP contribution in [0.5, 0.6) is 0 Å². The van der Waals surface area contributed by atoms with E-state index in [1.54, 1.807) is 0 Å². The smallest absolute Gasteiger partial charge is 0.333 e. The summed E-state index contributed by atoms with van der Waals surface area (Å²) in [4.78, 5) is 29.2. The van der Waals surface area contributed by atoms with Gasteiger partial charge in [-0.1, -0.05) is 5.92 Å². The van der Waals surface area contributed by atoms with Gasteiger partial charge in [0.2, 0.25) is 5.95 Å². The number of anilines is 1. The van der Waals surface area contributed by atoms with E-state index in [1.807, 2.05) is 0 Å². The van der Waals surface area contributed by atoms with Gasteiger partial charge in [-0.05, 0) is 6.42 Å². The van der Waals surface area contributed by atoms with Crippen LogP contribution in [-0.4, -0.2) is 59.0 Å². The number of rotatable bonds is 4. The molecule has 3 heterocycles. The van der Waals surface area contributed by atoms with Crippen molar-refractivity contribution in [3.63, 3.8) is 0 Å². The van der Waals surface area contributed by atoms with Gasteiger partial charge in [-0.25, -0.2) is 9.36 Å². The quantitative estimate of drug-likeness (QED) is 0.268. The van der Waals surface area contributed by atoms with E-state index in [4.69, 9.17) is 27.8 Å². The Bertz CT molecular complexity index is 1000. The molecule has 0 amide bonds. The Hall–Kier alpha value is -2.85. The third-order valence-electron chi connectivity index (χ3n) is 4.29. The Morgan fingerprint density at radius 3 is 2.62 bits per heavy atom. The highest BCUT2D eigenvalue weighted by Crippen LogP contribution is 2.31. The number of fused-ring (bicyclic) bond motifs is 1. The van der Waals surface area contributed by atoms with E-state index in [2.05, 4.69) is 10.9 Å². The second-order valence-electron chi connectivity index (χ2n) is 5.82. The molecular weight excluding hydrogens is 348 g/mol. The molecule has 0 bridgehead atoms. The summed E-state index contributed by atoms with van der Waals surface area (Å²) in [6.45, 7) is -0.549. The van der Waals surface area contributed by atoms with Crippen LogP contribution in [0.2, 0.25) is 0 Å². The van der Waals surface area contributed by atoms with E-state index in [9.17, 15) is 19.8 Å². The maximum atomic E-state index is 12.8. The number of ether oxygens (including phenoxy) is 1. The van der Waals surface area contributed by atoms with E-state index in [1.165, 1.54) is 0 Å². The summed E-state index contributed by atoms with van der Waals surface area (Å²) in [5.41, 5.74) is 3.62. The number of aliphatic hydroxyl groups is 3. The number of terminal acetylenes is 1. The maximum Gasteiger partial charge on any atom is 0.333 e. The summed E-state index contributed by atoms with van der Waals surface area (Å²) in [6, 6.07) is 0. The number of aromatic nitrogens is 4. The highest BCUT2D eigenvalue weighted by Gasteiger charge is 2.45. The van der Waals surface area contributed by atoms with Gasteiger partial charge in [-0.3, -0.25) is 9.36 Å². The van der Waals surface area contributed by atoms with Crippen LogP contribution in [0.4, 0.5) is 5.95 Å². The highest BCUT2D eigenvalue weighted by atomic mass is 16.6. The zero-order valence-electron chi connectivity index (χ0n) is 13.5. The second-order valence-corrected chi connectivity index (χ2v) is 5.82. The fourth-order valence-electron chi connectivity index (χ4n) is 3.03. The van der Waals surface area contributed by atoms with Crippen molar-refractivity contribution in [2.45, 2.75) is 37.5 Å². The Labute approximate surface area is 145 Å². The lowest BCUT2D eigenvalue weighted by Gasteiger charge is -2.16. The molecule has 140 valence electrons. The molecule has 3 rings (SSSR count). The molecule has 1 aliphatic rings. The molecule has 0 aliphatic carbocycles. The first kappa shape index (κ1) is 18.0. The van der Waals surface area contributed by atoms with Crippen molar-refractivity contribution < 1.29 is 20.1 Å². The van der Waals surface area contributed by atoms with Gasteiger partial charge in [0.05, 0.1) is 12.6 Å². The van der Waals surface area contributed by atoms with Crippen molar-refractivity contribution in [2.75, 3.05) is 18.2 Å². The minimum atomic E-state index is -1.50. The highest BCUT2D eigenvalue weighted by molar-refractivity contribution is 5.72. The topological polar surface area (TPSA) is 184 Å². The predicted octanol–water partition coefficient (Wildman–Crippen LogP) is -3.71.